The van der Waals surface area contributed by atoms with E-state index in [0.717, 1.165) is 5.56 Å². The summed E-state index contributed by atoms with van der Waals surface area (Å²) in [5, 5.41) is 9.76. The van der Waals surface area contributed by atoms with Crippen LogP contribution in [0.1, 0.15) is 30.9 Å². The number of aromatic nitrogens is 2. The maximum Gasteiger partial charge on any atom is 0.322 e. The zero-order valence-corrected chi connectivity index (χ0v) is 20.9. The van der Waals surface area contributed by atoms with Gasteiger partial charge >= 0.3 is 6.01 Å². The Kier molecular flexibility index (Phi) is 8.13. The topological polar surface area (TPSA) is 130 Å². The first-order valence-corrected chi connectivity index (χ1v) is 12.2. The molecule has 186 valence electrons. The lowest BCUT2D eigenvalue weighted by Gasteiger charge is -2.12. The highest BCUT2D eigenvalue weighted by Gasteiger charge is 2.19. The van der Waals surface area contributed by atoms with Crippen molar-refractivity contribution >= 4 is 27.8 Å². The largest absolute Gasteiger partial charge is 0.493 e. The standard InChI is InChI=1S/C24H27N3O7S/c1-15(2)35(29,30)18-9-6-16(7-10-18)14-22-26-27-24(34-22)25-21(28)11-8-17-12-19(31-3)23(33-5)20(13-17)32-4/h6-13,15H,14H2,1-5H3,(H,25,27,28). The summed E-state index contributed by atoms with van der Waals surface area (Å²) in [6.07, 6.45) is 3.16. The van der Waals surface area contributed by atoms with Crippen LogP contribution in [0.4, 0.5) is 6.01 Å². The van der Waals surface area contributed by atoms with Crippen LogP contribution in [0.25, 0.3) is 6.08 Å². The van der Waals surface area contributed by atoms with E-state index in [1.807, 2.05) is 0 Å². The molecule has 2 aromatic carbocycles. The molecule has 0 fully saturated rings. The third-order valence-corrected chi connectivity index (χ3v) is 7.21. The Morgan fingerprint density at radius 3 is 2.20 bits per heavy atom. The minimum atomic E-state index is -3.34. The zero-order valence-electron chi connectivity index (χ0n) is 20.1. The number of methoxy groups -OCH3 is 3. The Morgan fingerprint density at radius 1 is 1.03 bits per heavy atom. The maximum atomic E-state index is 12.3. The quantitative estimate of drug-likeness (QED) is 0.415. The van der Waals surface area contributed by atoms with E-state index in [1.54, 1.807) is 56.3 Å². The number of nitrogens with zero attached hydrogens (tertiary/aromatic N) is 2. The highest BCUT2D eigenvalue weighted by atomic mass is 32.2. The molecule has 3 rings (SSSR count). The summed E-state index contributed by atoms with van der Waals surface area (Å²) in [6.45, 7) is 3.27. The van der Waals surface area contributed by atoms with Crippen molar-refractivity contribution in [2.75, 3.05) is 26.6 Å². The lowest BCUT2D eigenvalue weighted by Crippen LogP contribution is -2.13. The minimum Gasteiger partial charge on any atom is -0.493 e. The van der Waals surface area contributed by atoms with Crippen molar-refractivity contribution in [2.45, 2.75) is 30.4 Å². The van der Waals surface area contributed by atoms with Crippen LogP contribution in [0.3, 0.4) is 0 Å². The van der Waals surface area contributed by atoms with Gasteiger partial charge in [-0.2, -0.15) is 0 Å². The number of hydrogen-bond donors (Lipinski definition) is 1. The number of amides is 1. The van der Waals surface area contributed by atoms with Gasteiger partial charge in [0.05, 0.1) is 37.9 Å². The number of nitrogens with one attached hydrogen (secondary N) is 1. The highest BCUT2D eigenvalue weighted by Crippen LogP contribution is 2.38. The van der Waals surface area contributed by atoms with E-state index < -0.39 is 21.0 Å². The van der Waals surface area contributed by atoms with Crippen LogP contribution in [0.2, 0.25) is 0 Å². The van der Waals surface area contributed by atoms with Gasteiger partial charge in [0.2, 0.25) is 11.6 Å². The molecule has 0 aliphatic heterocycles. The number of hydrogen-bond acceptors (Lipinski definition) is 9. The minimum absolute atomic E-state index is 0.0569. The van der Waals surface area contributed by atoms with E-state index >= 15 is 0 Å². The molecule has 3 aromatic rings. The molecule has 0 spiro atoms. The molecule has 0 saturated carbocycles. The normalized spacial score (nSPS) is 11.6. The van der Waals surface area contributed by atoms with Crippen molar-refractivity contribution in [3.63, 3.8) is 0 Å². The lowest BCUT2D eigenvalue weighted by atomic mass is 10.1. The van der Waals surface area contributed by atoms with Crippen molar-refractivity contribution in [2.24, 2.45) is 0 Å². The summed E-state index contributed by atoms with van der Waals surface area (Å²) in [4.78, 5) is 12.6. The van der Waals surface area contributed by atoms with Crippen LogP contribution in [0, 0.1) is 0 Å². The van der Waals surface area contributed by atoms with Crippen molar-refractivity contribution in [3.05, 3.63) is 59.5 Å². The molecule has 1 aromatic heterocycles. The number of carbonyl (C=O) groups excluding carboxylic acids is 1. The van der Waals surface area contributed by atoms with Crippen LogP contribution in [0.15, 0.2) is 51.8 Å². The van der Waals surface area contributed by atoms with Gasteiger partial charge in [-0.1, -0.05) is 17.2 Å². The van der Waals surface area contributed by atoms with Gasteiger partial charge < -0.3 is 18.6 Å². The van der Waals surface area contributed by atoms with E-state index in [0.29, 0.717) is 22.8 Å². The second-order valence-corrected chi connectivity index (χ2v) is 10.2. The van der Waals surface area contributed by atoms with E-state index in [-0.39, 0.29) is 23.2 Å². The fourth-order valence-electron chi connectivity index (χ4n) is 3.14. The molecule has 10 nitrogen and oxygen atoms in total. The van der Waals surface area contributed by atoms with Gasteiger partial charge in [-0.25, -0.2) is 8.42 Å². The summed E-state index contributed by atoms with van der Waals surface area (Å²) >= 11 is 0. The smallest absolute Gasteiger partial charge is 0.322 e. The molecule has 0 saturated heterocycles. The van der Waals surface area contributed by atoms with Crippen molar-refractivity contribution in [3.8, 4) is 17.2 Å². The molecule has 0 atom stereocenters. The number of sulfone groups is 1. The second kappa shape index (κ2) is 11.0. The SMILES string of the molecule is COc1cc(C=CC(=O)Nc2nnc(Cc3ccc(S(=O)(=O)C(C)C)cc3)o2)cc(OC)c1OC. The third-order valence-electron chi connectivity index (χ3n) is 5.04. The van der Waals surface area contributed by atoms with Gasteiger partial charge in [-0.15, -0.1) is 5.10 Å². The van der Waals surface area contributed by atoms with Crippen LogP contribution >= 0.6 is 0 Å². The molecule has 0 unspecified atom stereocenters. The first kappa shape index (κ1) is 25.8. The molecular formula is C24H27N3O7S. The summed E-state index contributed by atoms with van der Waals surface area (Å²) in [6, 6.07) is 9.84. The predicted molar refractivity (Wildman–Crippen MR) is 130 cm³/mol. The predicted octanol–water partition coefficient (Wildman–Crippen LogP) is 3.52. The Morgan fingerprint density at radius 2 is 1.66 bits per heavy atom. The molecule has 0 bridgehead atoms. The van der Waals surface area contributed by atoms with E-state index in [1.165, 1.54) is 27.4 Å². The van der Waals surface area contributed by atoms with E-state index in [9.17, 15) is 13.2 Å². The fourth-order valence-corrected chi connectivity index (χ4v) is 4.20. The summed E-state index contributed by atoms with van der Waals surface area (Å²) < 4.78 is 45.9. The van der Waals surface area contributed by atoms with Gasteiger partial charge in [0, 0.05) is 6.08 Å². The monoisotopic (exact) mass is 501 g/mol. The Bertz CT molecular complexity index is 1290. The molecule has 0 aliphatic rings. The first-order valence-electron chi connectivity index (χ1n) is 10.6. The highest BCUT2D eigenvalue weighted by molar-refractivity contribution is 7.92. The third kappa shape index (κ3) is 6.18. The van der Waals surface area contributed by atoms with Crippen LogP contribution in [0.5, 0.6) is 17.2 Å². The number of anilines is 1. The lowest BCUT2D eigenvalue weighted by molar-refractivity contribution is -0.112. The van der Waals surface area contributed by atoms with Crippen LogP contribution in [-0.2, 0) is 21.1 Å². The van der Waals surface area contributed by atoms with E-state index in [4.69, 9.17) is 18.6 Å². The number of rotatable bonds is 10. The molecular weight excluding hydrogens is 474 g/mol. The Hall–Kier alpha value is -3.86. The van der Waals surface area contributed by atoms with Gasteiger partial charge in [0.1, 0.15) is 0 Å². The van der Waals surface area contributed by atoms with Gasteiger partial charge in [-0.3, -0.25) is 10.1 Å². The van der Waals surface area contributed by atoms with Crippen molar-refractivity contribution < 1.29 is 31.8 Å². The molecule has 0 radical (unpaired) electrons. The molecule has 1 amide bonds. The van der Waals surface area contributed by atoms with Crippen molar-refractivity contribution in [1.29, 1.82) is 0 Å². The molecule has 11 heteroatoms. The average molecular weight is 502 g/mol. The number of benzene rings is 2. The van der Waals surface area contributed by atoms with Crippen molar-refractivity contribution in [1.82, 2.24) is 10.2 Å². The number of carbonyl (C=O) groups is 1. The maximum absolute atomic E-state index is 12.3. The zero-order chi connectivity index (χ0) is 25.6. The van der Waals surface area contributed by atoms with E-state index in [2.05, 4.69) is 15.5 Å². The Balaban J connectivity index is 1.64. The molecule has 0 aliphatic carbocycles. The molecule has 1 heterocycles. The average Bonchev–Trinajstić information content (AvgIpc) is 3.28. The molecule has 1 N–H and O–H groups in total. The van der Waals surface area contributed by atoms with Gasteiger partial charge in [0.15, 0.2) is 21.3 Å². The Labute approximate surface area is 203 Å². The van der Waals surface area contributed by atoms with Crippen LogP contribution in [-0.4, -0.2) is 51.1 Å². The number of ether oxygens (including phenoxy) is 3. The first-order chi connectivity index (χ1) is 16.7. The fraction of sp³-hybridized carbons (Fsp3) is 0.292. The summed E-state index contributed by atoms with van der Waals surface area (Å²) in [5.41, 5.74) is 1.44. The van der Waals surface area contributed by atoms with Crippen LogP contribution < -0.4 is 19.5 Å². The van der Waals surface area contributed by atoms with Gasteiger partial charge in [0.25, 0.3) is 5.91 Å². The molecule has 35 heavy (non-hydrogen) atoms. The summed E-state index contributed by atoms with van der Waals surface area (Å²) in [7, 11) is 1.18. The van der Waals surface area contributed by atoms with Gasteiger partial charge in [-0.05, 0) is 55.3 Å². The summed E-state index contributed by atoms with van der Waals surface area (Å²) in [5.74, 6) is 1.17. The second-order valence-electron chi connectivity index (χ2n) is 7.70.